The van der Waals surface area contributed by atoms with Gasteiger partial charge in [0.15, 0.2) is 0 Å². The van der Waals surface area contributed by atoms with Crippen LogP contribution in [0.1, 0.15) is 37.8 Å². The zero-order valence-corrected chi connectivity index (χ0v) is 12.6. The van der Waals surface area contributed by atoms with Gasteiger partial charge in [0.2, 0.25) is 0 Å². The predicted molar refractivity (Wildman–Crippen MR) is 79.6 cm³/mol. The third kappa shape index (κ3) is 4.22. The minimum Gasteiger partial charge on any atom is -0.495 e. The van der Waals surface area contributed by atoms with E-state index in [4.69, 9.17) is 10.00 Å². The Morgan fingerprint density at radius 2 is 2.05 bits per heavy atom. The van der Waals surface area contributed by atoms with E-state index >= 15 is 0 Å². The van der Waals surface area contributed by atoms with Crippen LogP contribution in [-0.4, -0.2) is 36.3 Å². The van der Waals surface area contributed by atoms with Crippen molar-refractivity contribution in [3.05, 3.63) is 29.3 Å². The van der Waals surface area contributed by atoms with Crippen LogP contribution in [0.15, 0.2) is 18.2 Å². The molecule has 0 aliphatic carbocycles. The number of hydrogen-bond donors (Lipinski definition) is 1. The largest absolute Gasteiger partial charge is 0.495 e. The monoisotopic (exact) mass is 276 g/mol. The second-order valence-electron chi connectivity index (χ2n) is 4.81. The third-order valence-electron chi connectivity index (χ3n) is 3.62. The van der Waals surface area contributed by atoms with Crippen molar-refractivity contribution >= 4 is 0 Å². The Labute approximate surface area is 121 Å². The van der Waals surface area contributed by atoms with Gasteiger partial charge in [-0.1, -0.05) is 19.9 Å². The molecule has 1 rings (SSSR count). The Balaban J connectivity index is 2.91. The third-order valence-corrected chi connectivity index (χ3v) is 3.62. The highest BCUT2D eigenvalue weighted by atomic mass is 16.5. The molecule has 4 nitrogen and oxygen atoms in total. The van der Waals surface area contributed by atoms with E-state index in [2.05, 4.69) is 24.8 Å². The fourth-order valence-corrected chi connectivity index (χ4v) is 2.49. The zero-order chi connectivity index (χ0) is 15.0. The fraction of sp³-hybridized carbons (Fsp3) is 0.562. The van der Waals surface area contributed by atoms with Crippen LogP contribution in [0, 0.1) is 11.3 Å². The van der Waals surface area contributed by atoms with Crippen LogP contribution in [0.5, 0.6) is 5.75 Å². The molecule has 0 atom stereocenters. The average Bonchev–Trinajstić information content (AvgIpc) is 2.48. The van der Waals surface area contributed by atoms with Crippen LogP contribution in [0.4, 0.5) is 0 Å². The molecule has 1 N–H and O–H groups in total. The second kappa shape index (κ2) is 8.57. The molecule has 4 heteroatoms. The van der Waals surface area contributed by atoms with Crippen LogP contribution in [0.25, 0.3) is 0 Å². The lowest BCUT2D eigenvalue weighted by molar-refractivity contribution is 0.136. The van der Waals surface area contributed by atoms with Crippen molar-refractivity contribution in [2.75, 3.05) is 20.3 Å². The smallest absolute Gasteiger partial charge is 0.136 e. The number of rotatable bonds is 8. The summed E-state index contributed by atoms with van der Waals surface area (Å²) in [6.07, 6.45) is 2.12. The number of aliphatic hydroxyl groups excluding tert-OH is 1. The van der Waals surface area contributed by atoms with Crippen molar-refractivity contribution in [2.45, 2.75) is 39.3 Å². The first kappa shape index (κ1) is 16.5. The molecule has 0 aliphatic rings. The number of aliphatic hydroxyl groups is 1. The van der Waals surface area contributed by atoms with Crippen LogP contribution in [-0.2, 0) is 6.54 Å². The van der Waals surface area contributed by atoms with Gasteiger partial charge in [0.05, 0.1) is 19.3 Å². The molecule has 0 fully saturated rings. The molecule has 0 spiro atoms. The summed E-state index contributed by atoms with van der Waals surface area (Å²) in [7, 11) is 1.58. The van der Waals surface area contributed by atoms with E-state index in [-0.39, 0.29) is 6.61 Å². The molecule has 0 bridgehead atoms. The minimum atomic E-state index is 0.157. The number of ether oxygens (including phenoxy) is 1. The van der Waals surface area contributed by atoms with Crippen molar-refractivity contribution in [1.82, 2.24) is 4.90 Å². The SMILES string of the molecule is CCC(CC)N(CCO)Cc1ccc(C#N)c(OC)c1. The molecule has 20 heavy (non-hydrogen) atoms. The Bertz CT molecular complexity index is 450. The molecule has 0 amide bonds. The van der Waals surface area contributed by atoms with Crippen LogP contribution < -0.4 is 4.74 Å². The van der Waals surface area contributed by atoms with Gasteiger partial charge in [-0.15, -0.1) is 0 Å². The van der Waals surface area contributed by atoms with Crippen LogP contribution in [0.2, 0.25) is 0 Å². The normalized spacial score (nSPS) is 10.8. The topological polar surface area (TPSA) is 56.5 Å². The van der Waals surface area contributed by atoms with Gasteiger partial charge in [-0.2, -0.15) is 5.26 Å². The summed E-state index contributed by atoms with van der Waals surface area (Å²) in [5.41, 5.74) is 1.65. The molecular formula is C16H24N2O2. The first-order valence-electron chi connectivity index (χ1n) is 7.12. The van der Waals surface area contributed by atoms with Gasteiger partial charge in [0.1, 0.15) is 11.8 Å². The molecule has 0 aromatic heterocycles. The van der Waals surface area contributed by atoms with E-state index in [9.17, 15) is 5.11 Å². The number of nitriles is 1. The number of benzene rings is 1. The Kier molecular flexibility index (Phi) is 7.06. The molecule has 0 unspecified atom stereocenters. The molecule has 0 aliphatic heterocycles. The Hall–Kier alpha value is -1.57. The van der Waals surface area contributed by atoms with Gasteiger partial charge in [0.25, 0.3) is 0 Å². The summed E-state index contributed by atoms with van der Waals surface area (Å²) in [5.74, 6) is 0.610. The zero-order valence-electron chi connectivity index (χ0n) is 12.6. The summed E-state index contributed by atoms with van der Waals surface area (Å²) in [4.78, 5) is 2.28. The van der Waals surface area contributed by atoms with Crippen LogP contribution >= 0.6 is 0 Å². The standard InChI is InChI=1S/C16H24N2O2/c1-4-15(5-2)18(8-9-19)12-13-6-7-14(11-17)16(10-13)20-3/h6-7,10,15,19H,4-5,8-9,12H2,1-3H3. The second-order valence-corrected chi connectivity index (χ2v) is 4.81. The van der Waals surface area contributed by atoms with E-state index in [0.29, 0.717) is 23.9 Å². The van der Waals surface area contributed by atoms with E-state index in [0.717, 1.165) is 24.9 Å². The fourth-order valence-electron chi connectivity index (χ4n) is 2.49. The quantitative estimate of drug-likeness (QED) is 0.793. The Morgan fingerprint density at radius 1 is 1.35 bits per heavy atom. The minimum absolute atomic E-state index is 0.157. The molecule has 0 radical (unpaired) electrons. The summed E-state index contributed by atoms with van der Waals surface area (Å²) in [6, 6.07) is 8.23. The summed E-state index contributed by atoms with van der Waals surface area (Å²) in [5, 5.41) is 18.2. The van der Waals surface area contributed by atoms with Gasteiger partial charge in [-0.25, -0.2) is 0 Å². The van der Waals surface area contributed by atoms with Crippen molar-refractivity contribution in [1.29, 1.82) is 5.26 Å². The molecule has 110 valence electrons. The molecule has 1 aromatic rings. The van der Waals surface area contributed by atoms with Gasteiger partial charge in [-0.3, -0.25) is 4.90 Å². The number of hydrogen-bond acceptors (Lipinski definition) is 4. The van der Waals surface area contributed by atoms with Crippen LogP contribution in [0.3, 0.4) is 0 Å². The van der Waals surface area contributed by atoms with Crippen molar-refractivity contribution in [3.8, 4) is 11.8 Å². The molecule has 0 saturated carbocycles. The highest BCUT2D eigenvalue weighted by Gasteiger charge is 2.15. The summed E-state index contributed by atoms with van der Waals surface area (Å²) >= 11 is 0. The molecular weight excluding hydrogens is 252 g/mol. The Morgan fingerprint density at radius 3 is 2.55 bits per heavy atom. The maximum atomic E-state index is 9.23. The maximum Gasteiger partial charge on any atom is 0.136 e. The first-order chi connectivity index (χ1) is 9.69. The summed E-state index contributed by atoms with van der Waals surface area (Å²) in [6.45, 7) is 5.91. The molecule has 0 saturated heterocycles. The highest BCUT2D eigenvalue weighted by Crippen LogP contribution is 2.21. The van der Waals surface area contributed by atoms with E-state index in [1.54, 1.807) is 13.2 Å². The van der Waals surface area contributed by atoms with Crippen molar-refractivity contribution < 1.29 is 9.84 Å². The predicted octanol–water partition coefficient (Wildman–Crippen LogP) is 2.55. The molecule has 1 aromatic carbocycles. The number of methoxy groups -OCH3 is 1. The van der Waals surface area contributed by atoms with E-state index < -0.39 is 0 Å². The van der Waals surface area contributed by atoms with Gasteiger partial charge in [0, 0.05) is 19.1 Å². The lowest BCUT2D eigenvalue weighted by Crippen LogP contribution is -2.36. The first-order valence-corrected chi connectivity index (χ1v) is 7.12. The van der Waals surface area contributed by atoms with Gasteiger partial charge in [-0.05, 0) is 30.5 Å². The van der Waals surface area contributed by atoms with E-state index in [1.165, 1.54) is 0 Å². The lowest BCUT2D eigenvalue weighted by atomic mass is 10.1. The molecule has 0 heterocycles. The van der Waals surface area contributed by atoms with Gasteiger partial charge < -0.3 is 9.84 Å². The van der Waals surface area contributed by atoms with Gasteiger partial charge >= 0.3 is 0 Å². The average molecular weight is 276 g/mol. The summed E-state index contributed by atoms with van der Waals surface area (Å²) < 4.78 is 5.24. The maximum absolute atomic E-state index is 9.23. The lowest BCUT2D eigenvalue weighted by Gasteiger charge is -2.30. The number of nitrogens with zero attached hydrogens (tertiary/aromatic N) is 2. The van der Waals surface area contributed by atoms with Crippen molar-refractivity contribution in [3.63, 3.8) is 0 Å². The van der Waals surface area contributed by atoms with E-state index in [1.807, 2.05) is 12.1 Å². The highest BCUT2D eigenvalue weighted by molar-refractivity contribution is 5.45. The van der Waals surface area contributed by atoms with Crippen molar-refractivity contribution in [2.24, 2.45) is 0 Å².